The van der Waals surface area contributed by atoms with E-state index in [-0.39, 0.29) is 5.95 Å². The molecule has 17 heavy (non-hydrogen) atoms. The molecule has 0 amide bonds. The third kappa shape index (κ3) is 1.90. The Hall–Kier alpha value is -2.21. The second-order valence-corrected chi connectivity index (χ2v) is 4.24. The fraction of sp³-hybridized carbons (Fsp3) is 0. The van der Waals surface area contributed by atoms with Gasteiger partial charge in [-0.1, -0.05) is 0 Å². The lowest BCUT2D eigenvalue weighted by molar-refractivity contribution is 0.882. The number of hydrogen-bond donors (Lipinski definition) is 1. The largest absolute Gasteiger partial charge is 0.366 e. The van der Waals surface area contributed by atoms with Crippen LogP contribution in [-0.2, 0) is 0 Å². The Bertz CT molecular complexity index is 612. The molecule has 0 spiro atoms. The molecule has 2 aromatic heterocycles. The van der Waals surface area contributed by atoms with Crippen LogP contribution >= 0.6 is 11.3 Å². The second kappa shape index (κ2) is 3.99. The molecular formula is C11H8N5S. The summed E-state index contributed by atoms with van der Waals surface area (Å²) < 4.78 is 1.58. The van der Waals surface area contributed by atoms with E-state index >= 15 is 0 Å². The summed E-state index contributed by atoms with van der Waals surface area (Å²) in [6, 6.07) is 8.89. The first-order valence-corrected chi connectivity index (χ1v) is 5.80. The van der Waals surface area contributed by atoms with Crippen LogP contribution in [0.15, 0.2) is 36.1 Å². The minimum absolute atomic E-state index is 0.252. The van der Waals surface area contributed by atoms with Crippen LogP contribution in [0.5, 0.6) is 0 Å². The highest BCUT2D eigenvalue weighted by Gasteiger charge is 2.03. The number of aromatic nitrogens is 4. The number of anilines is 1. The molecule has 3 rings (SSSR count). The van der Waals surface area contributed by atoms with Gasteiger partial charge in [0.25, 0.3) is 0 Å². The molecule has 0 aliphatic heterocycles. The van der Waals surface area contributed by atoms with Crippen molar-refractivity contribution in [3.8, 4) is 16.3 Å². The molecule has 2 N–H and O–H groups in total. The van der Waals surface area contributed by atoms with E-state index in [9.17, 15) is 0 Å². The zero-order valence-corrected chi connectivity index (χ0v) is 9.56. The van der Waals surface area contributed by atoms with Crippen molar-refractivity contribution in [2.45, 2.75) is 0 Å². The van der Waals surface area contributed by atoms with Gasteiger partial charge >= 0.3 is 0 Å². The highest BCUT2D eigenvalue weighted by atomic mass is 32.1. The number of nitrogens with zero attached hydrogens (tertiary/aromatic N) is 4. The summed E-state index contributed by atoms with van der Waals surface area (Å²) in [6.07, 6.45) is 3.34. The topological polar surface area (TPSA) is 69.6 Å². The van der Waals surface area contributed by atoms with Crippen molar-refractivity contribution in [1.29, 1.82) is 0 Å². The summed E-state index contributed by atoms with van der Waals surface area (Å²) >= 11 is 1.60. The van der Waals surface area contributed by atoms with Gasteiger partial charge in [0.2, 0.25) is 5.95 Å². The molecule has 0 atom stereocenters. The lowest BCUT2D eigenvalue weighted by atomic mass is 10.2. The summed E-state index contributed by atoms with van der Waals surface area (Å²) in [7, 11) is 0. The number of nitrogens with two attached hydrogens (primary N) is 1. The van der Waals surface area contributed by atoms with Gasteiger partial charge < -0.3 is 5.73 Å². The predicted octanol–water partition coefficient (Wildman–Crippen LogP) is 1.77. The minimum Gasteiger partial charge on any atom is -0.366 e. The number of rotatable bonds is 2. The molecule has 0 saturated heterocycles. The van der Waals surface area contributed by atoms with Crippen LogP contribution in [0.4, 0.5) is 5.95 Å². The average Bonchev–Trinajstić information content (AvgIpc) is 3.00. The summed E-state index contributed by atoms with van der Waals surface area (Å²) in [5.41, 5.74) is 7.30. The molecule has 0 fully saturated rings. The third-order valence-electron chi connectivity index (χ3n) is 2.23. The van der Waals surface area contributed by atoms with Crippen molar-refractivity contribution < 1.29 is 0 Å². The Morgan fingerprint density at radius 2 is 2.24 bits per heavy atom. The Kier molecular flexibility index (Phi) is 2.34. The van der Waals surface area contributed by atoms with Crippen molar-refractivity contribution in [1.82, 2.24) is 19.7 Å². The maximum atomic E-state index is 5.46. The van der Waals surface area contributed by atoms with E-state index in [1.807, 2.05) is 23.6 Å². The fourth-order valence-electron chi connectivity index (χ4n) is 1.45. The van der Waals surface area contributed by atoms with Crippen LogP contribution in [0.1, 0.15) is 0 Å². The quantitative estimate of drug-likeness (QED) is 0.743. The zero-order valence-electron chi connectivity index (χ0n) is 8.74. The number of benzene rings is 1. The minimum atomic E-state index is 0.252. The Labute approximate surface area is 102 Å². The van der Waals surface area contributed by atoms with Crippen molar-refractivity contribution in [3.63, 3.8) is 0 Å². The highest BCUT2D eigenvalue weighted by Crippen LogP contribution is 2.22. The molecule has 3 aromatic rings. The SMILES string of the molecule is Nc1ncn(-c2[c]cc(-c3nccs3)cc2)n1. The molecule has 0 unspecified atom stereocenters. The van der Waals surface area contributed by atoms with Crippen molar-refractivity contribution in [2.75, 3.05) is 5.73 Å². The van der Waals surface area contributed by atoms with Gasteiger partial charge in [-0.3, -0.25) is 0 Å². The molecular weight excluding hydrogens is 234 g/mol. The number of thiazole rings is 1. The second-order valence-electron chi connectivity index (χ2n) is 3.35. The molecule has 0 aliphatic carbocycles. The van der Waals surface area contributed by atoms with E-state index in [1.54, 1.807) is 28.5 Å². The number of nitrogen functional groups attached to an aromatic ring is 1. The Morgan fingerprint density at radius 1 is 1.29 bits per heavy atom. The van der Waals surface area contributed by atoms with E-state index in [0.717, 1.165) is 16.3 Å². The van der Waals surface area contributed by atoms with Gasteiger partial charge in [0.05, 0.1) is 5.69 Å². The predicted molar refractivity (Wildman–Crippen MR) is 65.7 cm³/mol. The highest BCUT2D eigenvalue weighted by molar-refractivity contribution is 7.13. The Morgan fingerprint density at radius 3 is 2.82 bits per heavy atom. The fourth-order valence-corrected chi connectivity index (χ4v) is 2.09. The average molecular weight is 242 g/mol. The molecule has 0 saturated carbocycles. The standard InChI is InChI=1S/C11H8N5S/c12-11-14-7-16(15-11)9-3-1-8(2-4-9)10-13-5-6-17-10/h1-3,5-7H,(H2,12,15). The molecule has 5 nitrogen and oxygen atoms in total. The summed E-state index contributed by atoms with van der Waals surface area (Å²) in [4.78, 5) is 8.10. The maximum absolute atomic E-state index is 5.46. The van der Waals surface area contributed by atoms with Crippen molar-refractivity contribution in [3.05, 3.63) is 42.2 Å². The van der Waals surface area contributed by atoms with Gasteiger partial charge in [0, 0.05) is 23.2 Å². The summed E-state index contributed by atoms with van der Waals surface area (Å²) in [5.74, 6) is 0.252. The van der Waals surface area contributed by atoms with E-state index in [2.05, 4.69) is 21.1 Å². The summed E-state index contributed by atoms with van der Waals surface area (Å²) in [5, 5.41) is 6.94. The first-order chi connectivity index (χ1) is 8.33. The van der Waals surface area contributed by atoms with Gasteiger partial charge in [-0.2, -0.15) is 0 Å². The van der Waals surface area contributed by atoms with E-state index < -0.39 is 0 Å². The van der Waals surface area contributed by atoms with Crippen LogP contribution < -0.4 is 5.73 Å². The molecule has 6 heteroatoms. The number of hydrogen-bond acceptors (Lipinski definition) is 5. The van der Waals surface area contributed by atoms with Gasteiger partial charge in [-0.05, 0) is 18.2 Å². The van der Waals surface area contributed by atoms with Gasteiger partial charge in [0.1, 0.15) is 11.3 Å². The smallest absolute Gasteiger partial charge is 0.239 e. The summed E-state index contributed by atoms with van der Waals surface area (Å²) in [6.45, 7) is 0. The van der Waals surface area contributed by atoms with Gasteiger partial charge in [0.15, 0.2) is 0 Å². The van der Waals surface area contributed by atoms with Crippen LogP contribution in [0.2, 0.25) is 0 Å². The van der Waals surface area contributed by atoms with Crippen LogP contribution in [-0.4, -0.2) is 19.7 Å². The lowest BCUT2D eigenvalue weighted by Gasteiger charge is -2.00. The molecule has 2 heterocycles. The van der Waals surface area contributed by atoms with Crippen LogP contribution in [0.3, 0.4) is 0 Å². The lowest BCUT2D eigenvalue weighted by Crippen LogP contribution is -1.96. The van der Waals surface area contributed by atoms with Gasteiger partial charge in [-0.25, -0.2) is 14.6 Å². The molecule has 83 valence electrons. The molecule has 1 aromatic carbocycles. The van der Waals surface area contributed by atoms with E-state index in [1.165, 1.54) is 0 Å². The first-order valence-electron chi connectivity index (χ1n) is 4.92. The van der Waals surface area contributed by atoms with Gasteiger partial charge in [-0.15, -0.1) is 16.4 Å². The molecule has 0 bridgehead atoms. The monoisotopic (exact) mass is 242 g/mol. The Balaban J connectivity index is 1.95. The molecule has 1 radical (unpaired) electrons. The first kappa shape index (κ1) is 9.98. The van der Waals surface area contributed by atoms with Crippen LogP contribution in [0, 0.1) is 6.07 Å². The van der Waals surface area contributed by atoms with Crippen molar-refractivity contribution >= 4 is 17.3 Å². The third-order valence-corrected chi connectivity index (χ3v) is 3.05. The van der Waals surface area contributed by atoms with Crippen LogP contribution in [0.25, 0.3) is 16.3 Å². The van der Waals surface area contributed by atoms with E-state index in [0.29, 0.717) is 0 Å². The molecule has 0 aliphatic rings. The zero-order chi connectivity index (χ0) is 11.7. The normalized spacial score (nSPS) is 10.6. The van der Waals surface area contributed by atoms with Crippen molar-refractivity contribution in [2.24, 2.45) is 0 Å². The maximum Gasteiger partial charge on any atom is 0.239 e. The van der Waals surface area contributed by atoms with E-state index in [4.69, 9.17) is 5.73 Å².